The minimum atomic E-state index is -4.97. The molecule has 0 heterocycles. The fourth-order valence-electron chi connectivity index (χ4n) is 1.95. The third-order valence-corrected chi connectivity index (χ3v) is 2.65. The first-order chi connectivity index (χ1) is 6.48. The quantitative estimate of drug-likeness (QED) is 0.484. The number of anilines is 1. The van der Waals surface area contributed by atoms with Gasteiger partial charge in [0.1, 0.15) is 0 Å². The molecule has 6 heteroatoms. The van der Waals surface area contributed by atoms with Crippen molar-refractivity contribution in [2.45, 2.75) is 19.3 Å². The Hall–Kier alpha value is 0.511. The van der Waals surface area contributed by atoms with Crippen molar-refractivity contribution in [2.75, 3.05) is 5.73 Å². The van der Waals surface area contributed by atoms with Gasteiger partial charge in [-0.3, -0.25) is 0 Å². The number of nitrogens with two attached hydrogens (primary N) is 1. The first-order valence-electron chi connectivity index (χ1n) is 4.59. The van der Waals surface area contributed by atoms with Crippen molar-refractivity contribution in [2.24, 2.45) is 0 Å². The van der Waals surface area contributed by atoms with Crippen LogP contribution in [0.4, 0.5) is 18.6 Å². The van der Waals surface area contributed by atoms with E-state index in [1.165, 1.54) is 12.1 Å². The van der Waals surface area contributed by atoms with E-state index in [1.54, 1.807) is 0 Å². The Morgan fingerprint density at radius 3 is 2.13 bits per heavy atom. The topological polar surface area (TPSA) is 26.0 Å². The summed E-state index contributed by atoms with van der Waals surface area (Å²) >= 11 is 0. The fraction of sp³-hybridized carbons (Fsp3) is 0.333. The van der Waals surface area contributed by atoms with Crippen molar-refractivity contribution >= 4 is 18.1 Å². The minimum absolute atomic E-state index is 0. The number of rotatable bonds is 1. The predicted octanol–water partition coefficient (Wildman–Crippen LogP) is -1.18. The van der Waals surface area contributed by atoms with Crippen molar-refractivity contribution in [3.05, 3.63) is 23.3 Å². The molecule has 0 fully saturated rings. The fourth-order valence-corrected chi connectivity index (χ4v) is 1.95. The molecule has 1 aromatic rings. The second-order valence-electron chi connectivity index (χ2n) is 3.68. The van der Waals surface area contributed by atoms with Crippen LogP contribution in [0.25, 0.3) is 0 Å². The van der Waals surface area contributed by atoms with Crippen LogP contribution in [0, 0.1) is 0 Å². The number of fused-ring (bicyclic) bond motifs is 1. The molecular weight excluding hydrogens is 229 g/mol. The standard InChI is InChI=1S/C9H10BF3N.K/c11-10(12,13)8-4-6-2-1-3-7(6)5-9(8)14;/h4-5H,1-3,14H2;/q-1;+1. The molecule has 1 aliphatic rings. The van der Waals surface area contributed by atoms with Crippen LogP contribution < -0.4 is 62.6 Å². The molecule has 76 valence electrons. The molecule has 1 nitrogen and oxygen atoms in total. The van der Waals surface area contributed by atoms with E-state index in [4.69, 9.17) is 5.73 Å². The third kappa shape index (κ3) is 2.79. The third-order valence-electron chi connectivity index (χ3n) is 2.65. The largest absolute Gasteiger partial charge is 1.00 e. The van der Waals surface area contributed by atoms with Gasteiger partial charge in [-0.25, -0.2) is 0 Å². The summed E-state index contributed by atoms with van der Waals surface area (Å²) in [6.07, 6.45) is 2.53. The number of hydrogen-bond acceptors (Lipinski definition) is 1. The molecule has 0 saturated carbocycles. The van der Waals surface area contributed by atoms with Crippen molar-refractivity contribution in [1.29, 1.82) is 0 Å². The minimum Gasteiger partial charge on any atom is -0.445 e. The zero-order chi connectivity index (χ0) is 10.3. The number of hydrogen-bond donors (Lipinski definition) is 1. The maximum Gasteiger partial charge on any atom is 1.00 e. The van der Waals surface area contributed by atoms with E-state index in [2.05, 4.69) is 0 Å². The number of aryl methyl sites for hydroxylation is 2. The van der Waals surface area contributed by atoms with Gasteiger partial charge in [-0.05, 0) is 36.5 Å². The van der Waals surface area contributed by atoms with Crippen LogP contribution >= 0.6 is 0 Å². The van der Waals surface area contributed by atoms with Crippen molar-refractivity contribution in [3.8, 4) is 0 Å². The molecule has 0 bridgehead atoms. The number of nitrogen functional groups attached to an aromatic ring is 1. The zero-order valence-corrected chi connectivity index (χ0v) is 11.7. The summed E-state index contributed by atoms with van der Waals surface area (Å²) in [7, 11) is 0. The summed E-state index contributed by atoms with van der Waals surface area (Å²) in [5.74, 6) is 0. The molecule has 0 aromatic heterocycles. The molecule has 0 unspecified atom stereocenters. The van der Waals surface area contributed by atoms with E-state index in [0.29, 0.717) is 0 Å². The van der Waals surface area contributed by atoms with E-state index in [9.17, 15) is 12.9 Å². The molecule has 0 spiro atoms. The van der Waals surface area contributed by atoms with Gasteiger partial charge in [-0.1, -0.05) is 11.5 Å². The van der Waals surface area contributed by atoms with Gasteiger partial charge in [0, 0.05) is 5.69 Å². The molecule has 1 aromatic carbocycles. The molecule has 0 radical (unpaired) electrons. The van der Waals surface area contributed by atoms with Gasteiger partial charge < -0.3 is 18.7 Å². The monoisotopic (exact) mass is 239 g/mol. The average molecular weight is 239 g/mol. The predicted molar refractivity (Wildman–Crippen MR) is 51.6 cm³/mol. The van der Waals surface area contributed by atoms with Gasteiger partial charge >= 0.3 is 58.4 Å². The summed E-state index contributed by atoms with van der Waals surface area (Å²) in [4.78, 5) is 0. The zero-order valence-electron chi connectivity index (χ0n) is 8.56. The maximum atomic E-state index is 12.5. The second kappa shape index (κ2) is 4.79. The van der Waals surface area contributed by atoms with Gasteiger partial charge in [-0.2, -0.15) is 0 Å². The van der Waals surface area contributed by atoms with Crippen LogP contribution in [0.5, 0.6) is 0 Å². The van der Waals surface area contributed by atoms with Crippen LogP contribution in [0.15, 0.2) is 12.1 Å². The molecule has 0 atom stereocenters. The number of benzene rings is 1. The Morgan fingerprint density at radius 2 is 1.60 bits per heavy atom. The summed E-state index contributed by atoms with van der Waals surface area (Å²) in [5.41, 5.74) is 6.41. The van der Waals surface area contributed by atoms with Crippen LogP contribution in [0.1, 0.15) is 17.5 Å². The van der Waals surface area contributed by atoms with Crippen LogP contribution in [0.3, 0.4) is 0 Å². The van der Waals surface area contributed by atoms with Crippen LogP contribution in [-0.2, 0) is 12.8 Å². The first-order valence-corrected chi connectivity index (χ1v) is 4.59. The Labute approximate surface area is 129 Å². The summed E-state index contributed by atoms with van der Waals surface area (Å²) in [5, 5.41) is 0. The van der Waals surface area contributed by atoms with E-state index >= 15 is 0 Å². The van der Waals surface area contributed by atoms with E-state index < -0.39 is 12.4 Å². The Kier molecular flexibility index (Phi) is 4.34. The molecule has 0 aliphatic heterocycles. The molecule has 2 N–H and O–H groups in total. The van der Waals surface area contributed by atoms with Gasteiger partial charge in [-0.15, -0.1) is 0 Å². The van der Waals surface area contributed by atoms with Crippen molar-refractivity contribution in [3.63, 3.8) is 0 Å². The van der Waals surface area contributed by atoms with Gasteiger partial charge in [0.25, 0.3) is 0 Å². The first kappa shape index (κ1) is 13.6. The van der Waals surface area contributed by atoms with Gasteiger partial charge in [0.2, 0.25) is 0 Å². The van der Waals surface area contributed by atoms with Gasteiger partial charge in [0.05, 0.1) is 0 Å². The van der Waals surface area contributed by atoms with Crippen molar-refractivity contribution < 1.29 is 64.3 Å². The Balaban J connectivity index is 0.00000112. The normalized spacial score (nSPS) is 14.6. The summed E-state index contributed by atoms with van der Waals surface area (Å²) < 4.78 is 37.5. The number of halogens is 3. The van der Waals surface area contributed by atoms with E-state index in [1.807, 2.05) is 0 Å². The molecule has 0 saturated heterocycles. The molecule has 0 amide bonds. The maximum absolute atomic E-state index is 12.5. The Bertz CT molecular complexity index is 378. The van der Waals surface area contributed by atoms with Crippen LogP contribution in [-0.4, -0.2) is 6.98 Å². The molecular formula is C9H10BF3KN. The van der Waals surface area contributed by atoms with Crippen LogP contribution in [0.2, 0.25) is 0 Å². The van der Waals surface area contributed by atoms with E-state index in [-0.39, 0.29) is 57.1 Å². The SMILES string of the molecule is Nc1cc2c(cc1[B-](F)(F)F)CCC2.[K+]. The summed E-state index contributed by atoms with van der Waals surface area (Å²) in [6.45, 7) is -4.97. The average Bonchev–Trinajstić information content (AvgIpc) is 2.47. The summed E-state index contributed by atoms with van der Waals surface area (Å²) in [6, 6.07) is 2.70. The van der Waals surface area contributed by atoms with E-state index in [0.717, 1.165) is 30.4 Å². The van der Waals surface area contributed by atoms with Gasteiger partial charge in [0.15, 0.2) is 0 Å². The molecule has 15 heavy (non-hydrogen) atoms. The Morgan fingerprint density at radius 1 is 1.07 bits per heavy atom. The smallest absolute Gasteiger partial charge is 0.445 e. The van der Waals surface area contributed by atoms with Crippen molar-refractivity contribution in [1.82, 2.24) is 0 Å². The molecule has 2 rings (SSSR count). The second-order valence-corrected chi connectivity index (χ2v) is 3.68. The molecule has 1 aliphatic carbocycles.